The first-order chi connectivity index (χ1) is 5.13. The van der Waals surface area contributed by atoms with Crippen LogP contribution in [0.15, 0.2) is 0 Å². The second-order valence-corrected chi connectivity index (χ2v) is 2.83. The van der Waals surface area contributed by atoms with Crippen LogP contribution in [0.5, 0.6) is 0 Å². The summed E-state index contributed by atoms with van der Waals surface area (Å²) in [4.78, 5) is 12.6. The van der Waals surface area contributed by atoms with E-state index >= 15 is 0 Å². The third-order valence-corrected chi connectivity index (χ3v) is 1.83. The van der Waals surface area contributed by atoms with Gasteiger partial charge >= 0.3 is 0 Å². The number of aliphatic hydroxyl groups is 1. The van der Waals surface area contributed by atoms with Gasteiger partial charge in [0.05, 0.1) is 0 Å². The Morgan fingerprint density at radius 2 is 2.27 bits per heavy atom. The summed E-state index contributed by atoms with van der Waals surface area (Å²) in [5.74, 6) is -0.117. The normalized spacial score (nSPS) is 12.7. The molecular formula is C6H12INO3. The minimum absolute atomic E-state index is 0.0345. The topological polar surface area (TPSA) is 49.8 Å². The van der Waals surface area contributed by atoms with Crippen LogP contribution in [0.3, 0.4) is 0 Å². The molecule has 0 saturated carbocycles. The molecule has 1 atom stereocenters. The van der Waals surface area contributed by atoms with Gasteiger partial charge in [-0.3, -0.25) is 4.79 Å². The molecule has 66 valence electrons. The smallest absolute Gasteiger partial charge is 0.252 e. The van der Waals surface area contributed by atoms with Crippen molar-refractivity contribution < 1.29 is 13.0 Å². The van der Waals surface area contributed by atoms with Crippen LogP contribution in [-0.4, -0.2) is 42.7 Å². The largest absolute Gasteiger partial charge is 0.396 e. The van der Waals surface area contributed by atoms with E-state index in [-0.39, 0.29) is 12.5 Å². The third-order valence-electron chi connectivity index (χ3n) is 1.22. The van der Waals surface area contributed by atoms with E-state index in [1.165, 1.54) is 4.90 Å². The lowest BCUT2D eigenvalue weighted by molar-refractivity contribution is -0.135. The molecule has 0 aromatic rings. The van der Waals surface area contributed by atoms with Crippen molar-refractivity contribution in [3.05, 3.63) is 0 Å². The van der Waals surface area contributed by atoms with E-state index in [9.17, 15) is 4.79 Å². The SMILES string of the molecule is CN(C)C(=O)[C@H](CCO)OI. The maximum absolute atomic E-state index is 11.1. The molecule has 0 saturated heterocycles. The van der Waals surface area contributed by atoms with Gasteiger partial charge in [0.15, 0.2) is 6.10 Å². The van der Waals surface area contributed by atoms with Crippen LogP contribution in [0.1, 0.15) is 6.42 Å². The minimum atomic E-state index is -0.518. The zero-order valence-electron chi connectivity index (χ0n) is 6.58. The fourth-order valence-corrected chi connectivity index (χ4v) is 1.08. The first-order valence-electron chi connectivity index (χ1n) is 3.23. The van der Waals surface area contributed by atoms with Crippen molar-refractivity contribution in [2.24, 2.45) is 0 Å². The Morgan fingerprint density at radius 1 is 1.73 bits per heavy atom. The quantitative estimate of drug-likeness (QED) is 0.744. The molecule has 0 spiro atoms. The van der Waals surface area contributed by atoms with Gasteiger partial charge in [-0.25, -0.2) is 0 Å². The van der Waals surface area contributed by atoms with Crippen LogP contribution in [0.2, 0.25) is 0 Å². The van der Waals surface area contributed by atoms with Gasteiger partial charge in [-0.1, -0.05) is 0 Å². The number of carbonyl (C=O) groups excluding carboxylic acids is 1. The summed E-state index contributed by atoms with van der Waals surface area (Å²) in [7, 11) is 3.31. The Labute approximate surface area is 80.2 Å². The van der Waals surface area contributed by atoms with E-state index < -0.39 is 6.10 Å². The fraction of sp³-hybridized carbons (Fsp3) is 0.833. The standard InChI is InChI=1S/C6H12INO3/c1-8(2)6(10)5(11-7)3-4-9/h5,9H,3-4H2,1-2H3/t5-/m0/s1. The lowest BCUT2D eigenvalue weighted by atomic mass is 10.2. The molecule has 0 rings (SSSR count). The number of aliphatic hydroxyl groups excluding tert-OH is 1. The first-order valence-corrected chi connectivity index (χ1v) is 4.11. The van der Waals surface area contributed by atoms with Crippen LogP contribution in [-0.2, 0) is 7.86 Å². The van der Waals surface area contributed by atoms with Gasteiger partial charge in [0.25, 0.3) is 5.91 Å². The van der Waals surface area contributed by atoms with E-state index in [4.69, 9.17) is 8.17 Å². The van der Waals surface area contributed by atoms with Crippen LogP contribution >= 0.6 is 23.0 Å². The Bertz CT molecular complexity index is 129. The molecule has 0 heterocycles. The number of hydrogen-bond donors (Lipinski definition) is 1. The van der Waals surface area contributed by atoms with Gasteiger partial charge in [-0.05, 0) is 0 Å². The summed E-state index contributed by atoms with van der Waals surface area (Å²) in [6.07, 6.45) is -0.171. The Kier molecular flexibility index (Phi) is 5.79. The number of nitrogens with zero attached hydrogens (tertiary/aromatic N) is 1. The molecule has 0 radical (unpaired) electrons. The summed E-state index contributed by atoms with van der Waals surface area (Å²) >= 11 is 1.66. The Balaban J connectivity index is 3.92. The van der Waals surface area contributed by atoms with Crippen LogP contribution in [0.25, 0.3) is 0 Å². The van der Waals surface area contributed by atoms with Crippen LogP contribution in [0.4, 0.5) is 0 Å². The third kappa shape index (κ3) is 3.88. The summed E-state index contributed by atoms with van der Waals surface area (Å²) in [6, 6.07) is 0. The monoisotopic (exact) mass is 273 g/mol. The Hall–Kier alpha value is 0.120. The second kappa shape index (κ2) is 5.73. The van der Waals surface area contributed by atoms with Gasteiger partial charge in [-0.2, -0.15) is 0 Å². The molecule has 0 unspecified atom stereocenters. The molecule has 1 amide bonds. The number of amides is 1. The number of carbonyl (C=O) groups is 1. The van der Waals surface area contributed by atoms with Crippen LogP contribution in [0, 0.1) is 0 Å². The van der Waals surface area contributed by atoms with Gasteiger partial charge < -0.3 is 13.1 Å². The fourth-order valence-electron chi connectivity index (χ4n) is 0.611. The maximum atomic E-state index is 11.1. The molecular weight excluding hydrogens is 261 g/mol. The number of rotatable bonds is 4. The van der Waals surface area contributed by atoms with E-state index in [0.29, 0.717) is 6.42 Å². The van der Waals surface area contributed by atoms with E-state index in [1.807, 2.05) is 0 Å². The van der Waals surface area contributed by atoms with E-state index in [1.54, 1.807) is 37.1 Å². The average Bonchev–Trinajstić information content (AvgIpc) is 1.98. The van der Waals surface area contributed by atoms with E-state index in [2.05, 4.69) is 0 Å². The molecule has 0 aliphatic rings. The Morgan fingerprint density at radius 3 is 2.55 bits per heavy atom. The van der Waals surface area contributed by atoms with Crippen molar-refractivity contribution in [1.82, 2.24) is 4.90 Å². The second-order valence-electron chi connectivity index (χ2n) is 2.32. The molecule has 4 nitrogen and oxygen atoms in total. The molecule has 11 heavy (non-hydrogen) atoms. The van der Waals surface area contributed by atoms with Crippen molar-refractivity contribution in [1.29, 1.82) is 0 Å². The van der Waals surface area contributed by atoms with Gasteiger partial charge in [0.2, 0.25) is 0 Å². The van der Waals surface area contributed by atoms with Crippen molar-refractivity contribution in [3.63, 3.8) is 0 Å². The lowest BCUT2D eigenvalue weighted by Crippen LogP contribution is -2.34. The van der Waals surface area contributed by atoms with Crippen LogP contribution < -0.4 is 0 Å². The van der Waals surface area contributed by atoms with Crippen molar-refractivity contribution in [2.75, 3.05) is 20.7 Å². The minimum Gasteiger partial charge on any atom is -0.396 e. The van der Waals surface area contributed by atoms with Crippen molar-refractivity contribution >= 4 is 28.9 Å². The molecule has 0 aromatic carbocycles. The lowest BCUT2D eigenvalue weighted by Gasteiger charge is -2.16. The molecule has 0 aromatic heterocycles. The predicted octanol–water partition coefficient (Wildman–Crippen LogP) is 0.192. The number of hydrogen-bond acceptors (Lipinski definition) is 3. The maximum Gasteiger partial charge on any atom is 0.252 e. The summed E-state index contributed by atoms with van der Waals surface area (Å²) in [5, 5.41) is 8.54. The highest BCUT2D eigenvalue weighted by atomic mass is 127. The molecule has 0 fully saturated rings. The molecule has 0 aliphatic heterocycles. The molecule has 0 aliphatic carbocycles. The zero-order chi connectivity index (χ0) is 8.85. The summed E-state index contributed by atoms with van der Waals surface area (Å²) in [6.45, 7) is -0.0345. The number of halogens is 1. The first kappa shape index (κ1) is 11.1. The highest BCUT2D eigenvalue weighted by Crippen LogP contribution is 2.05. The van der Waals surface area contributed by atoms with Gasteiger partial charge in [-0.15, -0.1) is 0 Å². The van der Waals surface area contributed by atoms with Gasteiger partial charge in [0, 0.05) is 27.1 Å². The van der Waals surface area contributed by atoms with Crippen molar-refractivity contribution in [2.45, 2.75) is 12.5 Å². The highest BCUT2D eigenvalue weighted by Gasteiger charge is 2.19. The predicted molar refractivity (Wildman–Crippen MR) is 49.3 cm³/mol. The molecule has 5 heteroatoms. The highest BCUT2D eigenvalue weighted by molar-refractivity contribution is 14.1. The summed E-state index contributed by atoms with van der Waals surface area (Å²) in [5.41, 5.74) is 0. The molecule has 1 N–H and O–H groups in total. The van der Waals surface area contributed by atoms with Crippen molar-refractivity contribution in [3.8, 4) is 0 Å². The summed E-state index contributed by atoms with van der Waals surface area (Å²) < 4.78 is 4.83. The molecule has 0 bridgehead atoms. The van der Waals surface area contributed by atoms with E-state index in [0.717, 1.165) is 0 Å². The number of likely N-dealkylation sites (N-methyl/N-ethyl adjacent to an activating group) is 1. The zero-order valence-corrected chi connectivity index (χ0v) is 8.74. The average molecular weight is 273 g/mol. The van der Waals surface area contributed by atoms with Gasteiger partial charge in [0.1, 0.15) is 23.0 Å².